The first kappa shape index (κ1) is 16.2. The molecule has 3 N–H and O–H groups in total. The molecule has 1 heterocycles. The van der Waals surface area contributed by atoms with Crippen molar-refractivity contribution in [1.82, 2.24) is 15.1 Å². The number of aryl methyl sites for hydroxylation is 1. The molecule has 6 nitrogen and oxygen atoms in total. The summed E-state index contributed by atoms with van der Waals surface area (Å²) in [6, 6.07) is 3.90. The van der Waals surface area contributed by atoms with E-state index in [9.17, 15) is 9.18 Å². The minimum Gasteiger partial charge on any atom is -0.396 e. The van der Waals surface area contributed by atoms with E-state index in [0.29, 0.717) is 17.8 Å². The molecule has 3 rings (SSSR count). The van der Waals surface area contributed by atoms with Crippen molar-refractivity contribution in [2.24, 2.45) is 5.92 Å². The van der Waals surface area contributed by atoms with Crippen LogP contribution in [-0.4, -0.2) is 33.6 Å². The van der Waals surface area contributed by atoms with Crippen LogP contribution in [0.1, 0.15) is 12.0 Å². The minimum atomic E-state index is -0.475. The number of amides is 2. The Bertz CT molecular complexity index is 772. The number of halogens is 1. The van der Waals surface area contributed by atoms with Crippen LogP contribution in [0.15, 0.2) is 42.7 Å². The number of hydrogen-bond acceptors (Lipinski definition) is 3. The standard InChI is InChI=1S/C17H19FN4O2/c1-11-8-19-22(9-11)16-5-4-14(7-15(16)18)21-17(24)20-13-3-2-12(6-13)10-23/h2-5,7-9,12-13,23H,6,10H2,1H3,(H2,20,21,24)/t12-,13+/m0/s1. The third-order valence-corrected chi connectivity index (χ3v) is 3.89. The Balaban J connectivity index is 1.62. The maximum atomic E-state index is 14.2. The van der Waals surface area contributed by atoms with Crippen molar-refractivity contribution in [2.75, 3.05) is 11.9 Å². The first-order valence-corrected chi connectivity index (χ1v) is 7.73. The Labute approximate surface area is 139 Å². The number of rotatable bonds is 4. The van der Waals surface area contributed by atoms with Crippen LogP contribution in [-0.2, 0) is 0 Å². The zero-order valence-electron chi connectivity index (χ0n) is 13.2. The second-order valence-corrected chi connectivity index (χ2v) is 5.90. The highest BCUT2D eigenvalue weighted by molar-refractivity contribution is 5.89. The first-order valence-electron chi connectivity index (χ1n) is 7.73. The fraction of sp³-hybridized carbons (Fsp3) is 0.294. The molecule has 0 bridgehead atoms. The van der Waals surface area contributed by atoms with Crippen LogP contribution >= 0.6 is 0 Å². The van der Waals surface area contributed by atoms with Crippen LogP contribution < -0.4 is 10.6 Å². The zero-order chi connectivity index (χ0) is 17.1. The van der Waals surface area contributed by atoms with E-state index < -0.39 is 11.8 Å². The summed E-state index contributed by atoms with van der Waals surface area (Å²) in [5.41, 5.74) is 1.61. The number of hydrogen-bond donors (Lipinski definition) is 3. The highest BCUT2D eigenvalue weighted by Crippen LogP contribution is 2.19. The van der Waals surface area contributed by atoms with Gasteiger partial charge >= 0.3 is 6.03 Å². The maximum absolute atomic E-state index is 14.2. The number of aromatic nitrogens is 2. The molecule has 24 heavy (non-hydrogen) atoms. The fourth-order valence-corrected chi connectivity index (χ4v) is 2.67. The number of aliphatic hydroxyl groups is 1. The summed E-state index contributed by atoms with van der Waals surface area (Å²) >= 11 is 0. The van der Waals surface area contributed by atoms with E-state index in [4.69, 9.17) is 5.11 Å². The lowest BCUT2D eigenvalue weighted by atomic mass is 10.1. The summed E-state index contributed by atoms with van der Waals surface area (Å²) in [5.74, 6) is -0.401. The van der Waals surface area contributed by atoms with Gasteiger partial charge in [-0.25, -0.2) is 13.9 Å². The van der Waals surface area contributed by atoms with Gasteiger partial charge in [-0.05, 0) is 37.1 Å². The molecule has 0 aliphatic heterocycles. The molecule has 0 unspecified atom stereocenters. The molecular formula is C17H19FN4O2. The highest BCUT2D eigenvalue weighted by atomic mass is 19.1. The van der Waals surface area contributed by atoms with Gasteiger partial charge in [0.25, 0.3) is 0 Å². The number of aliphatic hydroxyl groups excluding tert-OH is 1. The predicted octanol–water partition coefficient (Wildman–Crippen LogP) is 2.38. The predicted molar refractivity (Wildman–Crippen MR) is 88.5 cm³/mol. The third kappa shape index (κ3) is 3.62. The van der Waals surface area contributed by atoms with Gasteiger partial charge in [0, 0.05) is 30.5 Å². The van der Waals surface area contributed by atoms with Crippen molar-refractivity contribution in [1.29, 1.82) is 0 Å². The van der Waals surface area contributed by atoms with Crippen molar-refractivity contribution < 1.29 is 14.3 Å². The summed E-state index contributed by atoms with van der Waals surface area (Å²) in [6.07, 6.45) is 7.77. The molecule has 1 aromatic heterocycles. The van der Waals surface area contributed by atoms with Crippen LogP contribution in [0, 0.1) is 18.7 Å². The normalized spacial score (nSPS) is 19.5. The molecular weight excluding hydrogens is 311 g/mol. The molecule has 0 spiro atoms. The first-order chi connectivity index (χ1) is 11.5. The monoisotopic (exact) mass is 330 g/mol. The van der Waals surface area contributed by atoms with E-state index in [2.05, 4.69) is 15.7 Å². The topological polar surface area (TPSA) is 79.2 Å². The Kier molecular flexibility index (Phi) is 4.61. The van der Waals surface area contributed by atoms with Gasteiger partial charge in [-0.2, -0.15) is 5.10 Å². The molecule has 7 heteroatoms. The minimum absolute atomic E-state index is 0.0654. The number of benzene rings is 1. The van der Waals surface area contributed by atoms with Crippen LogP contribution in [0.25, 0.3) is 5.69 Å². The lowest BCUT2D eigenvalue weighted by molar-refractivity contribution is 0.238. The Morgan fingerprint density at radius 1 is 1.46 bits per heavy atom. The molecule has 1 aliphatic carbocycles. The second kappa shape index (κ2) is 6.84. The van der Waals surface area contributed by atoms with Gasteiger partial charge in [-0.3, -0.25) is 0 Å². The fourth-order valence-electron chi connectivity index (χ4n) is 2.67. The number of urea groups is 1. The zero-order valence-corrected chi connectivity index (χ0v) is 13.2. The third-order valence-electron chi connectivity index (χ3n) is 3.89. The molecule has 1 aliphatic rings. The molecule has 0 saturated heterocycles. The van der Waals surface area contributed by atoms with Gasteiger partial charge in [-0.1, -0.05) is 12.2 Å². The van der Waals surface area contributed by atoms with Crippen LogP contribution in [0.4, 0.5) is 14.9 Å². The number of carbonyl (C=O) groups excluding carboxylic acids is 1. The van der Waals surface area contributed by atoms with Gasteiger partial charge in [0.1, 0.15) is 5.69 Å². The van der Waals surface area contributed by atoms with E-state index in [-0.39, 0.29) is 18.6 Å². The van der Waals surface area contributed by atoms with Gasteiger partial charge in [0.15, 0.2) is 5.82 Å². The lowest BCUT2D eigenvalue weighted by Gasteiger charge is -2.14. The van der Waals surface area contributed by atoms with Crippen molar-refractivity contribution in [3.05, 3.63) is 54.1 Å². The summed E-state index contributed by atoms with van der Waals surface area (Å²) in [6.45, 7) is 1.94. The van der Waals surface area contributed by atoms with E-state index in [0.717, 1.165) is 5.56 Å². The lowest BCUT2D eigenvalue weighted by Crippen LogP contribution is -2.36. The molecule has 0 fully saturated rings. The molecule has 1 aromatic carbocycles. The van der Waals surface area contributed by atoms with Crippen LogP contribution in [0.3, 0.4) is 0 Å². The SMILES string of the molecule is Cc1cnn(-c2ccc(NC(=O)N[C@@H]3C=C[C@H](CO)C3)cc2F)c1. The molecule has 126 valence electrons. The van der Waals surface area contributed by atoms with E-state index >= 15 is 0 Å². The molecule has 0 saturated carbocycles. The number of nitrogens with zero attached hydrogens (tertiary/aromatic N) is 2. The van der Waals surface area contributed by atoms with E-state index in [1.807, 2.05) is 19.1 Å². The molecule has 2 aromatic rings. The summed E-state index contributed by atoms with van der Waals surface area (Å²) in [7, 11) is 0. The van der Waals surface area contributed by atoms with Crippen molar-refractivity contribution in [3.63, 3.8) is 0 Å². The van der Waals surface area contributed by atoms with Gasteiger partial charge < -0.3 is 15.7 Å². The van der Waals surface area contributed by atoms with E-state index in [1.165, 1.54) is 10.7 Å². The largest absolute Gasteiger partial charge is 0.396 e. The number of anilines is 1. The Hall–Kier alpha value is -2.67. The number of carbonyl (C=O) groups is 1. The summed E-state index contributed by atoms with van der Waals surface area (Å²) in [4.78, 5) is 12.0. The van der Waals surface area contributed by atoms with Crippen molar-refractivity contribution >= 4 is 11.7 Å². The molecule has 2 atom stereocenters. The van der Waals surface area contributed by atoms with Crippen LogP contribution in [0.2, 0.25) is 0 Å². The quantitative estimate of drug-likeness (QED) is 0.753. The Morgan fingerprint density at radius 3 is 2.92 bits per heavy atom. The van der Waals surface area contributed by atoms with Gasteiger partial charge in [-0.15, -0.1) is 0 Å². The van der Waals surface area contributed by atoms with Crippen LogP contribution in [0.5, 0.6) is 0 Å². The number of nitrogens with one attached hydrogen (secondary N) is 2. The van der Waals surface area contributed by atoms with E-state index in [1.54, 1.807) is 24.5 Å². The Morgan fingerprint density at radius 2 is 2.29 bits per heavy atom. The molecule has 0 radical (unpaired) electrons. The average Bonchev–Trinajstić information content (AvgIpc) is 3.16. The highest BCUT2D eigenvalue weighted by Gasteiger charge is 2.19. The summed E-state index contributed by atoms with van der Waals surface area (Å²) < 4.78 is 15.7. The molecule has 2 amide bonds. The van der Waals surface area contributed by atoms with Crippen molar-refractivity contribution in [2.45, 2.75) is 19.4 Å². The summed E-state index contributed by atoms with van der Waals surface area (Å²) in [5, 5.41) is 18.5. The van der Waals surface area contributed by atoms with Crippen molar-refractivity contribution in [3.8, 4) is 5.69 Å². The van der Waals surface area contributed by atoms with Gasteiger partial charge in [0.05, 0.1) is 6.20 Å². The smallest absolute Gasteiger partial charge is 0.319 e. The van der Waals surface area contributed by atoms with Gasteiger partial charge in [0.2, 0.25) is 0 Å². The maximum Gasteiger partial charge on any atom is 0.319 e. The average molecular weight is 330 g/mol. The second-order valence-electron chi connectivity index (χ2n) is 5.90.